The van der Waals surface area contributed by atoms with Crippen molar-refractivity contribution in [3.63, 3.8) is 0 Å². The molecule has 1 aromatic rings. The number of carbonyl (C=O) groups is 1. The number of carbonyl (C=O) groups excluding carboxylic acids is 1. The Morgan fingerprint density at radius 1 is 1.44 bits per heavy atom. The summed E-state index contributed by atoms with van der Waals surface area (Å²) in [5, 5.41) is 9.37. The summed E-state index contributed by atoms with van der Waals surface area (Å²) in [6.45, 7) is 3.69. The second-order valence-electron chi connectivity index (χ2n) is 4.41. The molecule has 0 bridgehead atoms. The molecule has 0 amide bonds. The molecule has 0 unspecified atom stereocenters. The van der Waals surface area contributed by atoms with Crippen LogP contribution in [-0.4, -0.2) is 23.3 Å². The number of esters is 1. The molecule has 3 nitrogen and oxygen atoms in total. The number of halogens is 1. The van der Waals surface area contributed by atoms with E-state index >= 15 is 0 Å². The Labute approximate surface area is 113 Å². The Balaban J connectivity index is 2.70. The Hall–Kier alpha value is -1.06. The van der Waals surface area contributed by atoms with Gasteiger partial charge in [-0.05, 0) is 18.9 Å². The standard InChI is InChI=1S/C14H19ClO3/c1-3-4-10-18-13(16)14(2,17)12(15)11-8-6-5-7-9-11/h5-9,12,17H,3-4,10H2,1-2H3/t12-,14-/m1/s1. The number of ether oxygens (including phenoxy) is 1. The molecule has 4 heteroatoms. The average molecular weight is 271 g/mol. The van der Waals surface area contributed by atoms with Gasteiger partial charge >= 0.3 is 5.97 Å². The molecular formula is C14H19ClO3. The molecule has 1 N–H and O–H groups in total. The molecule has 0 aliphatic heterocycles. The molecule has 1 rings (SSSR count). The SMILES string of the molecule is CCCCOC(=O)[C@](C)(O)[C@H](Cl)c1ccccc1. The lowest BCUT2D eigenvalue weighted by atomic mass is 9.96. The van der Waals surface area contributed by atoms with E-state index in [2.05, 4.69) is 0 Å². The van der Waals surface area contributed by atoms with Crippen molar-refractivity contribution < 1.29 is 14.6 Å². The first-order valence-corrected chi connectivity index (χ1v) is 6.52. The van der Waals surface area contributed by atoms with Crippen LogP contribution in [0.25, 0.3) is 0 Å². The summed E-state index contributed by atoms with van der Waals surface area (Å²) in [5.41, 5.74) is -1.03. The van der Waals surface area contributed by atoms with Crippen molar-refractivity contribution in [2.45, 2.75) is 37.7 Å². The minimum absolute atomic E-state index is 0.309. The summed E-state index contributed by atoms with van der Waals surface area (Å²) in [4.78, 5) is 11.8. The van der Waals surface area contributed by atoms with Crippen LogP contribution in [-0.2, 0) is 9.53 Å². The van der Waals surface area contributed by atoms with Crippen LogP contribution >= 0.6 is 11.6 Å². The Bertz CT molecular complexity index is 376. The largest absolute Gasteiger partial charge is 0.464 e. The highest BCUT2D eigenvalue weighted by molar-refractivity contribution is 6.23. The van der Waals surface area contributed by atoms with Gasteiger partial charge in [0, 0.05) is 0 Å². The lowest BCUT2D eigenvalue weighted by Gasteiger charge is -2.26. The molecule has 1 aromatic carbocycles. The number of hydrogen-bond acceptors (Lipinski definition) is 3. The van der Waals surface area contributed by atoms with Gasteiger partial charge < -0.3 is 9.84 Å². The smallest absolute Gasteiger partial charge is 0.339 e. The van der Waals surface area contributed by atoms with Gasteiger partial charge in [0.05, 0.1) is 12.0 Å². The highest BCUT2D eigenvalue weighted by Gasteiger charge is 2.40. The minimum atomic E-state index is -1.73. The van der Waals surface area contributed by atoms with E-state index in [0.29, 0.717) is 12.2 Å². The molecule has 0 aliphatic carbocycles. The zero-order valence-corrected chi connectivity index (χ0v) is 11.5. The number of aliphatic hydroxyl groups is 1. The van der Waals surface area contributed by atoms with Crippen LogP contribution < -0.4 is 0 Å². The Morgan fingerprint density at radius 2 is 2.06 bits per heavy atom. The van der Waals surface area contributed by atoms with Gasteiger partial charge in [-0.2, -0.15) is 0 Å². The molecule has 0 fully saturated rings. The predicted molar refractivity (Wildman–Crippen MR) is 71.5 cm³/mol. The first kappa shape index (κ1) is 15.0. The monoisotopic (exact) mass is 270 g/mol. The summed E-state index contributed by atoms with van der Waals surface area (Å²) < 4.78 is 5.02. The van der Waals surface area contributed by atoms with Crippen LogP contribution in [0.2, 0.25) is 0 Å². The normalized spacial score (nSPS) is 15.8. The topological polar surface area (TPSA) is 46.5 Å². The lowest BCUT2D eigenvalue weighted by Crippen LogP contribution is -2.41. The summed E-state index contributed by atoms with van der Waals surface area (Å²) in [5.74, 6) is -0.681. The molecule has 0 saturated carbocycles. The number of hydrogen-bond donors (Lipinski definition) is 1. The second kappa shape index (κ2) is 6.76. The predicted octanol–water partition coefficient (Wildman–Crippen LogP) is 3.06. The Morgan fingerprint density at radius 3 is 2.61 bits per heavy atom. The van der Waals surface area contributed by atoms with Gasteiger partial charge in [-0.15, -0.1) is 11.6 Å². The summed E-state index contributed by atoms with van der Waals surface area (Å²) >= 11 is 6.15. The summed E-state index contributed by atoms with van der Waals surface area (Å²) in [7, 11) is 0. The highest BCUT2D eigenvalue weighted by Crippen LogP contribution is 2.33. The van der Waals surface area contributed by atoms with Crippen LogP contribution in [0, 0.1) is 0 Å². The van der Waals surface area contributed by atoms with E-state index < -0.39 is 16.9 Å². The molecular weight excluding hydrogens is 252 g/mol. The summed E-state index contributed by atoms with van der Waals surface area (Å²) in [6.07, 6.45) is 1.71. The van der Waals surface area contributed by atoms with Gasteiger partial charge in [-0.25, -0.2) is 4.79 Å². The average Bonchev–Trinajstić information content (AvgIpc) is 2.39. The third-order valence-corrected chi connectivity index (χ3v) is 3.41. The third-order valence-electron chi connectivity index (χ3n) is 2.73. The van der Waals surface area contributed by atoms with Crippen LogP contribution in [0.5, 0.6) is 0 Å². The van der Waals surface area contributed by atoms with E-state index in [4.69, 9.17) is 16.3 Å². The first-order chi connectivity index (χ1) is 8.50. The van der Waals surface area contributed by atoms with Crippen molar-refractivity contribution >= 4 is 17.6 Å². The van der Waals surface area contributed by atoms with E-state index in [1.54, 1.807) is 12.1 Å². The molecule has 0 spiro atoms. The number of benzene rings is 1. The molecule has 2 atom stereocenters. The zero-order chi connectivity index (χ0) is 13.6. The minimum Gasteiger partial charge on any atom is -0.464 e. The van der Waals surface area contributed by atoms with Crippen molar-refractivity contribution in [3.05, 3.63) is 35.9 Å². The fraction of sp³-hybridized carbons (Fsp3) is 0.500. The fourth-order valence-electron chi connectivity index (χ4n) is 1.51. The fourth-order valence-corrected chi connectivity index (χ4v) is 1.74. The molecule has 0 radical (unpaired) electrons. The zero-order valence-electron chi connectivity index (χ0n) is 10.7. The van der Waals surface area contributed by atoms with Gasteiger partial charge in [0.1, 0.15) is 0 Å². The van der Waals surface area contributed by atoms with Crippen LogP contribution in [0.3, 0.4) is 0 Å². The van der Waals surface area contributed by atoms with Gasteiger partial charge in [-0.3, -0.25) is 0 Å². The van der Waals surface area contributed by atoms with E-state index in [0.717, 1.165) is 12.8 Å². The van der Waals surface area contributed by atoms with Crippen molar-refractivity contribution in [2.24, 2.45) is 0 Å². The number of rotatable bonds is 6. The van der Waals surface area contributed by atoms with E-state index in [-0.39, 0.29) is 0 Å². The van der Waals surface area contributed by atoms with Crippen LogP contribution in [0.15, 0.2) is 30.3 Å². The van der Waals surface area contributed by atoms with E-state index in [1.165, 1.54) is 6.92 Å². The molecule has 0 saturated heterocycles. The van der Waals surface area contributed by atoms with Crippen molar-refractivity contribution in [2.75, 3.05) is 6.61 Å². The van der Waals surface area contributed by atoms with Gasteiger partial charge in [0.15, 0.2) is 5.60 Å². The van der Waals surface area contributed by atoms with Crippen LogP contribution in [0.4, 0.5) is 0 Å². The van der Waals surface area contributed by atoms with Crippen molar-refractivity contribution in [1.82, 2.24) is 0 Å². The lowest BCUT2D eigenvalue weighted by molar-refractivity contribution is -0.164. The maximum absolute atomic E-state index is 11.8. The second-order valence-corrected chi connectivity index (χ2v) is 4.85. The maximum atomic E-state index is 11.8. The quantitative estimate of drug-likeness (QED) is 0.491. The van der Waals surface area contributed by atoms with Gasteiger partial charge in [0.2, 0.25) is 0 Å². The molecule has 18 heavy (non-hydrogen) atoms. The maximum Gasteiger partial charge on any atom is 0.339 e. The van der Waals surface area contributed by atoms with Gasteiger partial charge in [0.25, 0.3) is 0 Å². The Kier molecular flexibility index (Phi) is 5.63. The van der Waals surface area contributed by atoms with Crippen LogP contribution in [0.1, 0.15) is 37.6 Å². The van der Waals surface area contributed by atoms with Gasteiger partial charge in [-0.1, -0.05) is 43.7 Å². The molecule has 0 heterocycles. The third kappa shape index (κ3) is 3.72. The van der Waals surface area contributed by atoms with E-state index in [1.807, 2.05) is 25.1 Å². The molecule has 100 valence electrons. The van der Waals surface area contributed by atoms with Crippen molar-refractivity contribution in [3.8, 4) is 0 Å². The number of unbranched alkanes of at least 4 members (excludes halogenated alkanes) is 1. The highest BCUT2D eigenvalue weighted by atomic mass is 35.5. The molecule has 0 aromatic heterocycles. The first-order valence-electron chi connectivity index (χ1n) is 6.08. The van der Waals surface area contributed by atoms with E-state index in [9.17, 15) is 9.90 Å². The summed E-state index contributed by atoms with van der Waals surface area (Å²) in [6, 6.07) is 9.00. The number of alkyl halides is 1. The van der Waals surface area contributed by atoms with Crippen molar-refractivity contribution in [1.29, 1.82) is 0 Å². The molecule has 0 aliphatic rings.